The van der Waals surface area contributed by atoms with Crippen LogP contribution in [-0.2, 0) is 19.5 Å². The second kappa shape index (κ2) is 4.74. The average Bonchev–Trinajstić information content (AvgIpc) is 2.87. The maximum absolute atomic E-state index is 4.51. The number of hydrogen-bond donors (Lipinski definition) is 2. The summed E-state index contributed by atoms with van der Waals surface area (Å²) in [7, 11) is 0. The Hall–Kier alpha value is -1.94. The van der Waals surface area contributed by atoms with E-state index >= 15 is 0 Å². The molecule has 3 rings (SSSR count). The van der Waals surface area contributed by atoms with E-state index < -0.39 is 0 Å². The number of aromatic nitrogens is 2. The minimum absolute atomic E-state index is 0.668. The van der Waals surface area contributed by atoms with E-state index in [0.29, 0.717) is 5.95 Å². The fourth-order valence-electron chi connectivity index (χ4n) is 2.07. The Morgan fingerprint density at radius 2 is 2.06 bits per heavy atom. The summed E-state index contributed by atoms with van der Waals surface area (Å²) in [5.41, 5.74) is 4.65. The number of nitrogens with one attached hydrogen (secondary N) is 2. The molecule has 2 aromatic rings. The molecular weight excluding hydrogens is 224 g/mol. The van der Waals surface area contributed by atoms with Crippen LogP contribution in [0.15, 0.2) is 30.5 Å². The van der Waals surface area contributed by atoms with Crippen LogP contribution in [0.3, 0.4) is 0 Å². The summed E-state index contributed by atoms with van der Waals surface area (Å²) in [6.07, 6.45) is 2.95. The van der Waals surface area contributed by atoms with Crippen LogP contribution in [0.1, 0.15) is 23.7 Å². The highest BCUT2D eigenvalue weighted by atomic mass is 15.1. The number of nitrogens with zero attached hydrogens (tertiary/aromatic N) is 2. The molecule has 0 amide bonds. The van der Waals surface area contributed by atoms with Crippen LogP contribution in [0.5, 0.6) is 0 Å². The van der Waals surface area contributed by atoms with Gasteiger partial charge in [-0.2, -0.15) is 0 Å². The number of aryl methyl sites for hydroxylation is 1. The molecule has 0 saturated carbocycles. The molecule has 0 unspecified atom stereocenters. The minimum atomic E-state index is 0.668. The molecule has 0 aliphatic carbocycles. The quantitative estimate of drug-likeness (QED) is 0.865. The molecule has 4 heteroatoms. The number of fused-ring (bicyclic) bond motifs is 1. The first kappa shape index (κ1) is 11.2. The first-order valence-corrected chi connectivity index (χ1v) is 6.26. The van der Waals surface area contributed by atoms with Crippen molar-refractivity contribution in [3.8, 4) is 0 Å². The van der Waals surface area contributed by atoms with Gasteiger partial charge in [-0.05, 0) is 24.1 Å². The van der Waals surface area contributed by atoms with Crippen molar-refractivity contribution in [2.45, 2.75) is 26.4 Å². The Balaban J connectivity index is 1.79. The molecule has 18 heavy (non-hydrogen) atoms. The minimum Gasteiger partial charge on any atom is -0.324 e. The van der Waals surface area contributed by atoms with E-state index in [9.17, 15) is 0 Å². The van der Waals surface area contributed by atoms with Gasteiger partial charge in [-0.15, -0.1) is 0 Å². The van der Waals surface area contributed by atoms with E-state index in [1.807, 2.05) is 6.20 Å². The summed E-state index contributed by atoms with van der Waals surface area (Å²) < 4.78 is 0. The number of anilines is 2. The fraction of sp³-hybridized carbons (Fsp3) is 0.286. The van der Waals surface area contributed by atoms with Crippen LogP contribution < -0.4 is 10.6 Å². The Kier molecular flexibility index (Phi) is 2.94. The van der Waals surface area contributed by atoms with E-state index in [0.717, 1.165) is 30.9 Å². The normalized spacial score (nSPS) is 13.4. The Morgan fingerprint density at radius 3 is 2.83 bits per heavy atom. The van der Waals surface area contributed by atoms with Crippen LogP contribution in [0.25, 0.3) is 0 Å². The number of hydrogen-bond acceptors (Lipinski definition) is 4. The van der Waals surface area contributed by atoms with E-state index in [2.05, 4.69) is 51.8 Å². The highest BCUT2D eigenvalue weighted by molar-refractivity contribution is 5.54. The van der Waals surface area contributed by atoms with E-state index in [1.54, 1.807) is 0 Å². The molecule has 1 aliphatic heterocycles. The van der Waals surface area contributed by atoms with Gasteiger partial charge < -0.3 is 10.6 Å². The monoisotopic (exact) mass is 240 g/mol. The van der Waals surface area contributed by atoms with Crippen molar-refractivity contribution in [1.29, 1.82) is 0 Å². The molecule has 92 valence electrons. The molecule has 2 N–H and O–H groups in total. The zero-order valence-corrected chi connectivity index (χ0v) is 10.4. The second-order valence-corrected chi connectivity index (χ2v) is 4.44. The molecule has 1 aromatic carbocycles. The van der Waals surface area contributed by atoms with Gasteiger partial charge in [0.05, 0.1) is 5.69 Å². The van der Waals surface area contributed by atoms with Crippen molar-refractivity contribution in [1.82, 2.24) is 15.3 Å². The maximum Gasteiger partial charge on any atom is 0.227 e. The molecule has 0 fully saturated rings. The maximum atomic E-state index is 4.51. The molecule has 0 saturated heterocycles. The van der Waals surface area contributed by atoms with Crippen LogP contribution in [0.4, 0.5) is 11.6 Å². The summed E-state index contributed by atoms with van der Waals surface area (Å²) in [5.74, 6) is 0.668. The highest BCUT2D eigenvalue weighted by Gasteiger charge is 2.12. The van der Waals surface area contributed by atoms with Crippen molar-refractivity contribution in [3.05, 3.63) is 47.3 Å². The predicted molar refractivity (Wildman–Crippen MR) is 71.7 cm³/mol. The molecular formula is C14H16N4. The molecule has 2 heterocycles. The van der Waals surface area contributed by atoms with Gasteiger partial charge in [0.15, 0.2) is 0 Å². The van der Waals surface area contributed by atoms with Gasteiger partial charge in [0.25, 0.3) is 0 Å². The summed E-state index contributed by atoms with van der Waals surface area (Å²) in [4.78, 5) is 8.83. The van der Waals surface area contributed by atoms with Gasteiger partial charge in [-0.1, -0.05) is 19.1 Å². The smallest absolute Gasteiger partial charge is 0.227 e. The van der Waals surface area contributed by atoms with Crippen molar-refractivity contribution >= 4 is 11.6 Å². The van der Waals surface area contributed by atoms with Crippen LogP contribution in [0.2, 0.25) is 0 Å². The topological polar surface area (TPSA) is 49.8 Å². The van der Waals surface area contributed by atoms with Gasteiger partial charge in [-0.3, -0.25) is 0 Å². The van der Waals surface area contributed by atoms with E-state index in [-0.39, 0.29) is 0 Å². The van der Waals surface area contributed by atoms with Crippen LogP contribution >= 0.6 is 0 Å². The first-order valence-electron chi connectivity index (χ1n) is 6.26. The standard InChI is InChI=1S/C14H16N4/c1-2-10-3-5-12(6-4-10)17-14-16-8-11-7-15-9-13(11)18-14/h3-6,8,15H,2,7,9H2,1H3,(H,16,17,18). The molecule has 0 radical (unpaired) electrons. The summed E-state index contributed by atoms with van der Waals surface area (Å²) in [6, 6.07) is 8.37. The van der Waals surface area contributed by atoms with Gasteiger partial charge in [0, 0.05) is 30.5 Å². The van der Waals surface area contributed by atoms with Crippen LogP contribution in [0, 0.1) is 0 Å². The largest absolute Gasteiger partial charge is 0.324 e. The highest BCUT2D eigenvalue weighted by Crippen LogP contribution is 2.17. The number of benzene rings is 1. The average molecular weight is 240 g/mol. The molecule has 0 bridgehead atoms. The Morgan fingerprint density at radius 1 is 1.22 bits per heavy atom. The summed E-state index contributed by atoms with van der Waals surface area (Å²) in [6.45, 7) is 3.86. The summed E-state index contributed by atoms with van der Waals surface area (Å²) in [5, 5.41) is 6.50. The lowest BCUT2D eigenvalue weighted by Crippen LogP contribution is -2.01. The van der Waals surface area contributed by atoms with Gasteiger partial charge >= 0.3 is 0 Å². The molecule has 1 aromatic heterocycles. The summed E-state index contributed by atoms with van der Waals surface area (Å²) >= 11 is 0. The lowest BCUT2D eigenvalue weighted by atomic mass is 10.1. The zero-order chi connectivity index (χ0) is 12.4. The third kappa shape index (κ3) is 2.19. The number of rotatable bonds is 3. The fourth-order valence-corrected chi connectivity index (χ4v) is 2.07. The lowest BCUT2D eigenvalue weighted by Gasteiger charge is -2.06. The molecule has 0 atom stereocenters. The Bertz CT molecular complexity index is 548. The third-order valence-electron chi connectivity index (χ3n) is 3.18. The second-order valence-electron chi connectivity index (χ2n) is 4.44. The van der Waals surface area contributed by atoms with Crippen molar-refractivity contribution in [2.24, 2.45) is 0 Å². The lowest BCUT2D eigenvalue weighted by molar-refractivity contribution is 0.758. The van der Waals surface area contributed by atoms with E-state index in [4.69, 9.17) is 0 Å². The molecule has 0 spiro atoms. The van der Waals surface area contributed by atoms with Crippen molar-refractivity contribution < 1.29 is 0 Å². The van der Waals surface area contributed by atoms with Gasteiger partial charge in [-0.25, -0.2) is 9.97 Å². The third-order valence-corrected chi connectivity index (χ3v) is 3.18. The zero-order valence-electron chi connectivity index (χ0n) is 10.4. The SMILES string of the molecule is CCc1ccc(Nc2ncc3c(n2)CNC3)cc1. The van der Waals surface area contributed by atoms with Crippen molar-refractivity contribution in [2.75, 3.05) is 5.32 Å². The van der Waals surface area contributed by atoms with Crippen LogP contribution in [-0.4, -0.2) is 9.97 Å². The first-order chi connectivity index (χ1) is 8.85. The van der Waals surface area contributed by atoms with Gasteiger partial charge in [0.2, 0.25) is 5.95 Å². The predicted octanol–water partition coefficient (Wildman–Crippen LogP) is 2.39. The molecule has 1 aliphatic rings. The molecule has 4 nitrogen and oxygen atoms in total. The van der Waals surface area contributed by atoms with Gasteiger partial charge in [0.1, 0.15) is 0 Å². The van der Waals surface area contributed by atoms with E-state index in [1.165, 1.54) is 11.1 Å². The Labute approximate surface area is 106 Å². The van der Waals surface area contributed by atoms with Crippen molar-refractivity contribution in [3.63, 3.8) is 0 Å².